The van der Waals surface area contributed by atoms with Gasteiger partial charge in [0.25, 0.3) is 0 Å². The summed E-state index contributed by atoms with van der Waals surface area (Å²) < 4.78 is 5.10. The van der Waals surface area contributed by atoms with Gasteiger partial charge in [-0.3, -0.25) is 10.3 Å². The van der Waals surface area contributed by atoms with E-state index in [0.717, 1.165) is 12.1 Å². The van der Waals surface area contributed by atoms with Gasteiger partial charge in [-0.25, -0.2) is 0 Å². The highest BCUT2D eigenvalue weighted by Crippen LogP contribution is 2.25. The van der Waals surface area contributed by atoms with Gasteiger partial charge >= 0.3 is 0 Å². The highest BCUT2D eigenvalue weighted by atomic mass is 16.7. The van der Waals surface area contributed by atoms with Crippen LogP contribution in [-0.2, 0) is 4.84 Å². The van der Waals surface area contributed by atoms with Gasteiger partial charge < -0.3 is 10.5 Å². The Morgan fingerprint density at radius 1 is 1.47 bits per heavy atom. The SMILES string of the molecule is CCC(C)ONc1ccc(N)c(OC)c1. The Kier molecular flexibility index (Phi) is 4.24. The second-order valence-electron chi connectivity index (χ2n) is 3.40. The summed E-state index contributed by atoms with van der Waals surface area (Å²) in [5, 5.41) is 0. The summed E-state index contributed by atoms with van der Waals surface area (Å²) in [4.78, 5) is 5.37. The van der Waals surface area contributed by atoms with Gasteiger partial charge in [-0.2, -0.15) is 0 Å². The van der Waals surface area contributed by atoms with Gasteiger partial charge in [-0.1, -0.05) is 6.92 Å². The molecule has 0 aromatic heterocycles. The lowest BCUT2D eigenvalue weighted by Crippen LogP contribution is -2.12. The first kappa shape index (κ1) is 11.7. The van der Waals surface area contributed by atoms with E-state index in [1.807, 2.05) is 13.0 Å². The fourth-order valence-corrected chi connectivity index (χ4v) is 1.03. The molecule has 0 heterocycles. The van der Waals surface area contributed by atoms with Crippen LogP contribution in [0.5, 0.6) is 5.75 Å². The van der Waals surface area contributed by atoms with Crippen molar-refractivity contribution < 1.29 is 9.57 Å². The zero-order chi connectivity index (χ0) is 11.3. The number of rotatable bonds is 5. The maximum Gasteiger partial charge on any atom is 0.143 e. The van der Waals surface area contributed by atoms with Crippen molar-refractivity contribution in [1.29, 1.82) is 0 Å². The molecule has 0 aliphatic carbocycles. The minimum absolute atomic E-state index is 0.175. The summed E-state index contributed by atoms with van der Waals surface area (Å²) in [6, 6.07) is 5.43. The van der Waals surface area contributed by atoms with Crippen molar-refractivity contribution in [2.45, 2.75) is 26.4 Å². The molecular formula is C11H18N2O2. The van der Waals surface area contributed by atoms with E-state index in [4.69, 9.17) is 15.3 Å². The molecule has 1 aromatic rings. The molecule has 84 valence electrons. The van der Waals surface area contributed by atoms with E-state index in [0.29, 0.717) is 11.4 Å². The number of methoxy groups -OCH3 is 1. The van der Waals surface area contributed by atoms with E-state index < -0.39 is 0 Å². The minimum Gasteiger partial charge on any atom is -0.495 e. The molecule has 0 saturated heterocycles. The quantitative estimate of drug-likeness (QED) is 0.579. The number of ether oxygens (including phenoxy) is 1. The zero-order valence-electron chi connectivity index (χ0n) is 9.41. The normalized spacial score (nSPS) is 12.2. The average molecular weight is 210 g/mol. The van der Waals surface area contributed by atoms with Gasteiger partial charge in [0.2, 0.25) is 0 Å². The van der Waals surface area contributed by atoms with Crippen LogP contribution < -0.4 is 16.0 Å². The minimum atomic E-state index is 0.175. The third kappa shape index (κ3) is 3.32. The van der Waals surface area contributed by atoms with Crippen molar-refractivity contribution in [3.8, 4) is 5.75 Å². The number of nitrogens with one attached hydrogen (secondary N) is 1. The second-order valence-corrected chi connectivity index (χ2v) is 3.40. The molecule has 0 aliphatic heterocycles. The number of nitrogen functional groups attached to an aromatic ring is 1. The average Bonchev–Trinajstić information content (AvgIpc) is 2.27. The Labute approximate surface area is 90.3 Å². The molecule has 4 heteroatoms. The first-order valence-electron chi connectivity index (χ1n) is 5.02. The molecular weight excluding hydrogens is 192 g/mol. The largest absolute Gasteiger partial charge is 0.495 e. The van der Waals surface area contributed by atoms with E-state index in [1.165, 1.54) is 0 Å². The van der Waals surface area contributed by atoms with Gasteiger partial charge in [0, 0.05) is 6.07 Å². The second kappa shape index (κ2) is 5.46. The van der Waals surface area contributed by atoms with Gasteiger partial charge in [0.1, 0.15) is 5.75 Å². The number of anilines is 2. The van der Waals surface area contributed by atoms with Crippen molar-refractivity contribution in [1.82, 2.24) is 0 Å². The van der Waals surface area contributed by atoms with E-state index >= 15 is 0 Å². The van der Waals surface area contributed by atoms with Crippen molar-refractivity contribution in [3.05, 3.63) is 18.2 Å². The highest BCUT2D eigenvalue weighted by molar-refractivity contribution is 5.60. The van der Waals surface area contributed by atoms with E-state index in [2.05, 4.69) is 12.4 Å². The maximum atomic E-state index is 5.69. The predicted octanol–water partition coefficient (Wildman–Crippen LogP) is 2.42. The molecule has 1 unspecified atom stereocenters. The molecule has 1 atom stereocenters. The lowest BCUT2D eigenvalue weighted by molar-refractivity contribution is 0.112. The number of nitrogens with two attached hydrogens (primary N) is 1. The lowest BCUT2D eigenvalue weighted by Gasteiger charge is -2.13. The molecule has 0 spiro atoms. The standard InChI is InChI=1S/C11H18N2O2/c1-4-8(2)15-13-9-5-6-10(12)11(7-9)14-3/h5-8,13H,4,12H2,1-3H3. The first-order valence-corrected chi connectivity index (χ1v) is 5.02. The van der Waals surface area contributed by atoms with Crippen molar-refractivity contribution >= 4 is 11.4 Å². The van der Waals surface area contributed by atoms with Crippen LogP contribution in [0.1, 0.15) is 20.3 Å². The topological polar surface area (TPSA) is 56.5 Å². The Morgan fingerprint density at radius 3 is 2.80 bits per heavy atom. The summed E-state index contributed by atoms with van der Waals surface area (Å²) in [5.41, 5.74) is 10.0. The summed E-state index contributed by atoms with van der Waals surface area (Å²) in [6.45, 7) is 4.07. The van der Waals surface area contributed by atoms with Gasteiger partial charge in [-0.15, -0.1) is 0 Å². The van der Waals surface area contributed by atoms with Crippen molar-refractivity contribution in [2.24, 2.45) is 0 Å². The van der Waals surface area contributed by atoms with Gasteiger partial charge in [0.05, 0.1) is 24.6 Å². The zero-order valence-corrected chi connectivity index (χ0v) is 9.41. The van der Waals surface area contributed by atoms with E-state index in [9.17, 15) is 0 Å². The van der Waals surface area contributed by atoms with Crippen LogP contribution in [0.15, 0.2) is 18.2 Å². The molecule has 4 nitrogen and oxygen atoms in total. The van der Waals surface area contributed by atoms with Gasteiger partial charge in [0.15, 0.2) is 0 Å². The molecule has 15 heavy (non-hydrogen) atoms. The van der Waals surface area contributed by atoms with Crippen molar-refractivity contribution in [2.75, 3.05) is 18.3 Å². The summed E-state index contributed by atoms with van der Waals surface area (Å²) in [7, 11) is 1.59. The van der Waals surface area contributed by atoms with Crippen LogP contribution >= 0.6 is 0 Å². The Bertz CT molecular complexity index is 315. The highest BCUT2D eigenvalue weighted by Gasteiger charge is 2.02. The first-order chi connectivity index (χ1) is 7.17. The molecule has 0 bridgehead atoms. The van der Waals surface area contributed by atoms with Crippen LogP contribution in [0.25, 0.3) is 0 Å². The molecule has 0 amide bonds. The number of hydrogen-bond acceptors (Lipinski definition) is 4. The Hall–Kier alpha value is -1.42. The van der Waals surface area contributed by atoms with Gasteiger partial charge in [-0.05, 0) is 25.5 Å². The fourth-order valence-electron chi connectivity index (χ4n) is 1.03. The molecule has 3 N–H and O–H groups in total. The van der Waals surface area contributed by atoms with Crippen LogP contribution in [0.2, 0.25) is 0 Å². The Morgan fingerprint density at radius 2 is 2.20 bits per heavy atom. The predicted molar refractivity (Wildman–Crippen MR) is 61.9 cm³/mol. The molecule has 0 radical (unpaired) electrons. The third-order valence-electron chi connectivity index (χ3n) is 2.19. The van der Waals surface area contributed by atoms with Crippen LogP contribution in [0.4, 0.5) is 11.4 Å². The molecule has 1 rings (SSSR count). The smallest absolute Gasteiger partial charge is 0.143 e. The van der Waals surface area contributed by atoms with E-state index in [1.54, 1.807) is 19.2 Å². The Balaban J connectivity index is 2.62. The maximum absolute atomic E-state index is 5.69. The molecule has 0 saturated carbocycles. The summed E-state index contributed by atoms with van der Waals surface area (Å²) >= 11 is 0. The summed E-state index contributed by atoms with van der Waals surface area (Å²) in [5.74, 6) is 0.646. The van der Waals surface area contributed by atoms with E-state index in [-0.39, 0.29) is 6.10 Å². The van der Waals surface area contributed by atoms with Crippen LogP contribution in [0, 0.1) is 0 Å². The molecule has 0 fully saturated rings. The fraction of sp³-hybridized carbons (Fsp3) is 0.455. The lowest BCUT2D eigenvalue weighted by atomic mass is 10.2. The summed E-state index contributed by atoms with van der Waals surface area (Å²) in [6.07, 6.45) is 1.13. The third-order valence-corrected chi connectivity index (χ3v) is 2.19. The van der Waals surface area contributed by atoms with Crippen LogP contribution in [-0.4, -0.2) is 13.2 Å². The van der Waals surface area contributed by atoms with Crippen LogP contribution in [0.3, 0.4) is 0 Å². The number of hydrogen-bond donors (Lipinski definition) is 2. The molecule has 1 aromatic carbocycles. The number of benzene rings is 1. The molecule has 0 aliphatic rings. The monoisotopic (exact) mass is 210 g/mol. The van der Waals surface area contributed by atoms with Crippen molar-refractivity contribution in [3.63, 3.8) is 0 Å².